The van der Waals surface area contributed by atoms with Crippen LogP contribution < -0.4 is 4.90 Å². The molecule has 5 heteroatoms. The smallest absolute Gasteiger partial charge is 0.335 e. The molecule has 1 aromatic carbocycles. The minimum absolute atomic E-state index is 0.0132. The van der Waals surface area contributed by atoms with Gasteiger partial charge in [-0.25, -0.2) is 4.79 Å². The fourth-order valence-electron chi connectivity index (χ4n) is 1.43. The van der Waals surface area contributed by atoms with Crippen LogP contribution in [0.5, 0.6) is 0 Å². The number of aliphatic hydroxyl groups excluding tert-OH is 2. The molecule has 1 rings (SSSR count). The Morgan fingerprint density at radius 2 is 1.56 bits per heavy atom. The Hall–Kier alpha value is -1.59. The molecule has 0 radical (unpaired) electrons. The number of carbonyl (C=O) groups is 1. The number of carboxylic acids is 1. The number of benzene rings is 1. The van der Waals surface area contributed by atoms with Crippen LogP contribution in [-0.4, -0.2) is 47.6 Å². The molecule has 0 spiro atoms. The summed E-state index contributed by atoms with van der Waals surface area (Å²) in [6.07, 6.45) is 0. The van der Waals surface area contributed by atoms with Gasteiger partial charge in [0.1, 0.15) is 0 Å². The third-order valence-corrected chi connectivity index (χ3v) is 2.22. The Kier molecular flexibility index (Phi) is 4.75. The molecule has 0 amide bonds. The number of hydrogen-bond donors (Lipinski definition) is 3. The van der Waals surface area contributed by atoms with Crippen molar-refractivity contribution in [3.8, 4) is 0 Å². The van der Waals surface area contributed by atoms with E-state index in [4.69, 9.17) is 15.3 Å². The second-order valence-corrected chi connectivity index (χ2v) is 3.29. The third kappa shape index (κ3) is 3.22. The predicted octanol–water partition coefficient (Wildman–Crippen LogP) is 0.176. The van der Waals surface area contributed by atoms with Crippen molar-refractivity contribution in [3.63, 3.8) is 0 Å². The molecule has 3 N–H and O–H groups in total. The minimum Gasteiger partial charge on any atom is -0.478 e. The second kappa shape index (κ2) is 6.09. The fraction of sp³-hybridized carbons (Fsp3) is 0.364. The van der Waals surface area contributed by atoms with Gasteiger partial charge in [-0.3, -0.25) is 0 Å². The maximum atomic E-state index is 10.6. The molecule has 1 aromatic rings. The second-order valence-electron chi connectivity index (χ2n) is 3.29. The minimum atomic E-state index is -0.970. The third-order valence-electron chi connectivity index (χ3n) is 2.22. The van der Waals surface area contributed by atoms with E-state index in [0.717, 1.165) is 5.69 Å². The maximum absolute atomic E-state index is 10.6. The number of nitrogens with zero attached hydrogens (tertiary/aromatic N) is 1. The summed E-state index contributed by atoms with van der Waals surface area (Å²) < 4.78 is 0. The number of hydrogen-bond acceptors (Lipinski definition) is 4. The van der Waals surface area contributed by atoms with Crippen LogP contribution in [0.25, 0.3) is 0 Å². The van der Waals surface area contributed by atoms with Crippen LogP contribution in [0.4, 0.5) is 5.69 Å². The lowest BCUT2D eigenvalue weighted by molar-refractivity contribution is 0.0697. The number of anilines is 1. The van der Waals surface area contributed by atoms with Crippen molar-refractivity contribution in [3.05, 3.63) is 29.8 Å². The number of carboxylic acid groups (broad SMARTS) is 1. The molecule has 0 aliphatic heterocycles. The maximum Gasteiger partial charge on any atom is 0.335 e. The van der Waals surface area contributed by atoms with Crippen molar-refractivity contribution in [2.45, 2.75) is 0 Å². The lowest BCUT2D eigenvalue weighted by atomic mass is 10.2. The van der Waals surface area contributed by atoms with Crippen LogP contribution in [0, 0.1) is 0 Å². The Bertz CT molecular complexity index is 330. The van der Waals surface area contributed by atoms with Crippen LogP contribution in [-0.2, 0) is 0 Å². The van der Waals surface area contributed by atoms with Crippen molar-refractivity contribution >= 4 is 11.7 Å². The summed E-state index contributed by atoms with van der Waals surface area (Å²) in [7, 11) is 0. The standard InChI is InChI=1S/C11H15NO4/c13-7-5-12(6-8-14)10-3-1-9(2-4-10)11(15)16/h1-4,13-14H,5-8H2,(H,15,16). The van der Waals surface area contributed by atoms with Crippen LogP contribution in [0.3, 0.4) is 0 Å². The lowest BCUT2D eigenvalue weighted by Gasteiger charge is -2.22. The molecular formula is C11H15NO4. The normalized spacial score (nSPS) is 10.1. The molecule has 0 heterocycles. The van der Waals surface area contributed by atoms with Crippen LogP contribution in [0.15, 0.2) is 24.3 Å². The molecular weight excluding hydrogens is 210 g/mol. The van der Waals surface area contributed by atoms with E-state index in [9.17, 15) is 4.79 Å². The van der Waals surface area contributed by atoms with E-state index >= 15 is 0 Å². The largest absolute Gasteiger partial charge is 0.478 e. The van der Waals surface area contributed by atoms with Gasteiger partial charge in [-0.15, -0.1) is 0 Å². The highest BCUT2D eigenvalue weighted by molar-refractivity contribution is 5.88. The highest BCUT2D eigenvalue weighted by atomic mass is 16.4. The SMILES string of the molecule is O=C(O)c1ccc(N(CCO)CCO)cc1. The molecule has 0 aromatic heterocycles. The first kappa shape index (κ1) is 12.5. The topological polar surface area (TPSA) is 81.0 Å². The summed E-state index contributed by atoms with van der Waals surface area (Å²) >= 11 is 0. The summed E-state index contributed by atoms with van der Waals surface area (Å²) in [4.78, 5) is 12.4. The Labute approximate surface area is 93.6 Å². The van der Waals surface area contributed by atoms with E-state index in [-0.39, 0.29) is 18.8 Å². The first-order chi connectivity index (χ1) is 7.69. The number of aliphatic hydroxyl groups is 2. The van der Waals surface area contributed by atoms with E-state index in [1.807, 2.05) is 0 Å². The van der Waals surface area contributed by atoms with E-state index in [1.165, 1.54) is 12.1 Å². The molecule has 0 atom stereocenters. The lowest BCUT2D eigenvalue weighted by Crippen LogP contribution is -2.29. The van der Waals surface area contributed by atoms with Crippen molar-refractivity contribution in [1.82, 2.24) is 0 Å². The van der Waals surface area contributed by atoms with Crippen molar-refractivity contribution in [2.24, 2.45) is 0 Å². The van der Waals surface area contributed by atoms with Gasteiger partial charge in [0.25, 0.3) is 0 Å². The molecule has 88 valence electrons. The van der Waals surface area contributed by atoms with E-state index in [2.05, 4.69) is 0 Å². The fourth-order valence-corrected chi connectivity index (χ4v) is 1.43. The van der Waals surface area contributed by atoms with Gasteiger partial charge in [0.15, 0.2) is 0 Å². The first-order valence-corrected chi connectivity index (χ1v) is 4.99. The van der Waals surface area contributed by atoms with Crippen molar-refractivity contribution in [1.29, 1.82) is 0 Å². The van der Waals surface area contributed by atoms with E-state index in [1.54, 1.807) is 17.0 Å². The van der Waals surface area contributed by atoms with Gasteiger partial charge in [0.2, 0.25) is 0 Å². The Morgan fingerprint density at radius 1 is 1.06 bits per heavy atom. The van der Waals surface area contributed by atoms with E-state index in [0.29, 0.717) is 13.1 Å². The predicted molar refractivity (Wildman–Crippen MR) is 59.8 cm³/mol. The first-order valence-electron chi connectivity index (χ1n) is 4.99. The highest BCUT2D eigenvalue weighted by Crippen LogP contribution is 2.14. The molecule has 0 saturated carbocycles. The Morgan fingerprint density at radius 3 is 1.94 bits per heavy atom. The molecule has 0 unspecified atom stereocenters. The number of rotatable bonds is 6. The van der Waals surface area contributed by atoms with Gasteiger partial charge in [0.05, 0.1) is 18.8 Å². The molecule has 0 aliphatic carbocycles. The van der Waals surface area contributed by atoms with Crippen molar-refractivity contribution in [2.75, 3.05) is 31.2 Å². The quantitative estimate of drug-likeness (QED) is 0.643. The summed E-state index contributed by atoms with van der Waals surface area (Å²) in [5.41, 5.74) is 1.00. The average Bonchev–Trinajstić information content (AvgIpc) is 2.29. The Balaban J connectivity index is 2.80. The average molecular weight is 225 g/mol. The highest BCUT2D eigenvalue weighted by Gasteiger charge is 2.07. The van der Waals surface area contributed by atoms with Crippen LogP contribution >= 0.6 is 0 Å². The summed E-state index contributed by atoms with van der Waals surface area (Å²) in [5.74, 6) is -0.970. The van der Waals surface area contributed by atoms with Gasteiger partial charge in [0, 0.05) is 18.8 Å². The van der Waals surface area contributed by atoms with Crippen LogP contribution in [0.2, 0.25) is 0 Å². The van der Waals surface area contributed by atoms with Gasteiger partial charge in [-0.05, 0) is 24.3 Å². The van der Waals surface area contributed by atoms with Crippen molar-refractivity contribution < 1.29 is 20.1 Å². The van der Waals surface area contributed by atoms with Gasteiger partial charge in [-0.2, -0.15) is 0 Å². The summed E-state index contributed by atoms with van der Waals surface area (Å²) in [6, 6.07) is 6.32. The van der Waals surface area contributed by atoms with Crippen LogP contribution in [0.1, 0.15) is 10.4 Å². The molecule has 0 fully saturated rings. The zero-order chi connectivity index (χ0) is 12.0. The zero-order valence-corrected chi connectivity index (χ0v) is 8.83. The number of aromatic carboxylic acids is 1. The van der Waals surface area contributed by atoms with Gasteiger partial charge in [-0.1, -0.05) is 0 Å². The summed E-state index contributed by atoms with van der Waals surface area (Å²) in [5, 5.41) is 26.4. The molecule has 0 bridgehead atoms. The molecule has 5 nitrogen and oxygen atoms in total. The molecule has 0 saturated heterocycles. The molecule has 0 aliphatic rings. The van der Waals surface area contributed by atoms with E-state index < -0.39 is 5.97 Å². The zero-order valence-electron chi connectivity index (χ0n) is 8.83. The van der Waals surface area contributed by atoms with Gasteiger partial charge < -0.3 is 20.2 Å². The van der Waals surface area contributed by atoms with Gasteiger partial charge >= 0.3 is 5.97 Å². The summed E-state index contributed by atoms with van der Waals surface area (Å²) in [6.45, 7) is 0.793. The molecule has 16 heavy (non-hydrogen) atoms. The monoisotopic (exact) mass is 225 g/mol.